The predicted molar refractivity (Wildman–Crippen MR) is 71.0 cm³/mol. The van der Waals surface area contributed by atoms with E-state index >= 15 is 0 Å². The zero-order valence-corrected chi connectivity index (χ0v) is 11.9. The van der Waals surface area contributed by atoms with E-state index < -0.39 is 10.0 Å². The Bertz CT molecular complexity index is 485. The second-order valence-electron chi connectivity index (χ2n) is 4.10. The van der Waals surface area contributed by atoms with Crippen LogP contribution in [0.15, 0.2) is 23.1 Å². The first-order valence-electron chi connectivity index (χ1n) is 5.57. The first kappa shape index (κ1) is 14.5. The van der Waals surface area contributed by atoms with Crippen LogP contribution < -0.4 is 4.72 Å². The van der Waals surface area contributed by atoms with Gasteiger partial charge in [-0.15, -0.1) is 11.6 Å². The van der Waals surface area contributed by atoms with E-state index in [1.807, 2.05) is 26.8 Å². The van der Waals surface area contributed by atoms with Gasteiger partial charge in [-0.2, -0.15) is 0 Å². The number of hydrogen-bond acceptors (Lipinski definition) is 2. The van der Waals surface area contributed by atoms with E-state index in [1.54, 1.807) is 12.1 Å². The largest absolute Gasteiger partial charge is 0.240 e. The average Bonchev–Trinajstić information content (AvgIpc) is 2.29. The zero-order valence-electron chi connectivity index (χ0n) is 10.3. The van der Waals surface area contributed by atoms with Crippen molar-refractivity contribution in [2.45, 2.75) is 37.5 Å². The van der Waals surface area contributed by atoms with Crippen LogP contribution in [0.4, 0.5) is 0 Å². The summed E-state index contributed by atoms with van der Waals surface area (Å²) in [6, 6.07) is 5.09. The van der Waals surface area contributed by atoms with E-state index in [2.05, 4.69) is 4.72 Å². The van der Waals surface area contributed by atoms with Crippen LogP contribution in [0.1, 0.15) is 24.5 Å². The number of sulfonamides is 1. The highest BCUT2D eigenvalue weighted by atomic mass is 35.5. The Hall–Kier alpha value is -0.580. The number of alkyl halides is 1. The lowest BCUT2D eigenvalue weighted by Gasteiger charge is -2.10. The lowest BCUT2D eigenvalue weighted by Crippen LogP contribution is -2.29. The minimum atomic E-state index is -3.44. The predicted octanol–water partition coefficient (Wildman–Crippen LogP) is 2.60. The molecular weight excluding hydrogens is 258 g/mol. The molecule has 96 valence electrons. The van der Waals surface area contributed by atoms with Gasteiger partial charge in [-0.25, -0.2) is 13.1 Å². The van der Waals surface area contributed by atoms with Crippen molar-refractivity contribution in [2.24, 2.45) is 0 Å². The normalized spacial score (nSPS) is 13.6. The highest BCUT2D eigenvalue weighted by Gasteiger charge is 2.15. The van der Waals surface area contributed by atoms with Crippen molar-refractivity contribution >= 4 is 21.6 Å². The van der Waals surface area contributed by atoms with Gasteiger partial charge in [0, 0.05) is 11.9 Å². The first-order chi connectivity index (χ1) is 7.86. The van der Waals surface area contributed by atoms with E-state index in [1.165, 1.54) is 0 Å². The Morgan fingerprint density at radius 2 is 1.94 bits per heavy atom. The van der Waals surface area contributed by atoms with Gasteiger partial charge in [0.05, 0.1) is 4.90 Å². The summed E-state index contributed by atoms with van der Waals surface area (Å²) in [7, 11) is -3.44. The third-order valence-corrected chi connectivity index (χ3v) is 4.61. The number of aryl methyl sites for hydroxylation is 2. The van der Waals surface area contributed by atoms with E-state index in [4.69, 9.17) is 11.6 Å². The van der Waals surface area contributed by atoms with Gasteiger partial charge in [-0.1, -0.05) is 13.0 Å². The molecule has 1 rings (SSSR count). The number of rotatable bonds is 5. The molecule has 1 aromatic carbocycles. The maximum absolute atomic E-state index is 11.9. The fraction of sp³-hybridized carbons (Fsp3) is 0.500. The minimum absolute atomic E-state index is 0.170. The summed E-state index contributed by atoms with van der Waals surface area (Å²) in [6.45, 7) is 6.02. The Balaban J connectivity index is 2.86. The molecule has 0 aromatic heterocycles. The first-order valence-corrected chi connectivity index (χ1v) is 7.49. The monoisotopic (exact) mass is 275 g/mol. The summed E-state index contributed by atoms with van der Waals surface area (Å²) in [5.74, 6) is 0. The highest BCUT2D eigenvalue weighted by molar-refractivity contribution is 7.89. The Labute approximate surface area is 108 Å². The Kier molecular flexibility index (Phi) is 4.98. The van der Waals surface area contributed by atoms with Gasteiger partial charge >= 0.3 is 0 Å². The maximum Gasteiger partial charge on any atom is 0.240 e. The van der Waals surface area contributed by atoms with Crippen molar-refractivity contribution in [3.05, 3.63) is 29.3 Å². The topological polar surface area (TPSA) is 46.2 Å². The number of benzene rings is 1. The molecule has 0 amide bonds. The fourth-order valence-corrected chi connectivity index (χ4v) is 2.64. The van der Waals surface area contributed by atoms with Gasteiger partial charge in [0.15, 0.2) is 0 Å². The van der Waals surface area contributed by atoms with Crippen molar-refractivity contribution in [3.63, 3.8) is 0 Å². The smallest absolute Gasteiger partial charge is 0.210 e. The summed E-state index contributed by atoms with van der Waals surface area (Å²) in [5.41, 5.74) is 2.04. The number of halogens is 1. The van der Waals surface area contributed by atoms with E-state index in [0.29, 0.717) is 4.90 Å². The molecule has 3 nitrogen and oxygen atoms in total. The van der Waals surface area contributed by atoms with Crippen molar-refractivity contribution in [3.8, 4) is 0 Å². The van der Waals surface area contributed by atoms with Gasteiger partial charge in [0.25, 0.3) is 0 Å². The molecule has 0 heterocycles. The van der Waals surface area contributed by atoms with E-state index in [0.717, 1.165) is 17.5 Å². The molecule has 0 fully saturated rings. The molecule has 1 aromatic rings. The van der Waals surface area contributed by atoms with Crippen molar-refractivity contribution in [1.82, 2.24) is 4.72 Å². The summed E-state index contributed by atoms with van der Waals surface area (Å²) < 4.78 is 26.4. The van der Waals surface area contributed by atoms with Crippen LogP contribution in [-0.2, 0) is 10.0 Å². The molecule has 0 spiro atoms. The molecular formula is C12H18ClNO2S. The summed E-state index contributed by atoms with van der Waals surface area (Å²) in [4.78, 5) is 0.292. The molecule has 1 N–H and O–H groups in total. The molecule has 0 saturated carbocycles. The van der Waals surface area contributed by atoms with Crippen molar-refractivity contribution in [1.29, 1.82) is 0 Å². The zero-order chi connectivity index (χ0) is 13.1. The molecule has 1 unspecified atom stereocenters. The molecule has 17 heavy (non-hydrogen) atoms. The second-order valence-corrected chi connectivity index (χ2v) is 6.49. The van der Waals surface area contributed by atoms with Crippen LogP contribution in [0, 0.1) is 13.8 Å². The quantitative estimate of drug-likeness (QED) is 0.840. The summed E-state index contributed by atoms with van der Waals surface area (Å²) in [5, 5.41) is -0.170. The molecule has 0 aliphatic carbocycles. The molecule has 1 atom stereocenters. The standard InChI is InChI=1S/C12H18ClNO2S/c1-4-11(13)8-14-17(15,16)12-6-5-9(2)10(3)7-12/h5-7,11,14H,4,8H2,1-3H3. The third-order valence-electron chi connectivity index (χ3n) is 2.73. The van der Waals surface area contributed by atoms with Gasteiger partial charge in [0.2, 0.25) is 10.0 Å². The number of nitrogens with one attached hydrogen (secondary N) is 1. The fourth-order valence-electron chi connectivity index (χ4n) is 1.31. The second kappa shape index (κ2) is 5.85. The van der Waals surface area contributed by atoms with Crippen LogP contribution in [0.3, 0.4) is 0 Å². The molecule has 0 aliphatic rings. The lowest BCUT2D eigenvalue weighted by molar-refractivity contribution is 0.579. The Morgan fingerprint density at radius 3 is 2.47 bits per heavy atom. The molecule has 0 saturated heterocycles. The van der Waals surface area contributed by atoms with Crippen LogP contribution >= 0.6 is 11.6 Å². The lowest BCUT2D eigenvalue weighted by atomic mass is 10.1. The minimum Gasteiger partial charge on any atom is -0.210 e. The maximum atomic E-state index is 11.9. The van der Waals surface area contributed by atoms with Gasteiger partial charge < -0.3 is 0 Å². The summed E-state index contributed by atoms with van der Waals surface area (Å²) in [6.07, 6.45) is 0.733. The van der Waals surface area contributed by atoms with Crippen LogP contribution in [0.2, 0.25) is 0 Å². The third kappa shape index (κ3) is 3.98. The van der Waals surface area contributed by atoms with Gasteiger partial charge in [-0.3, -0.25) is 0 Å². The van der Waals surface area contributed by atoms with E-state index in [9.17, 15) is 8.42 Å². The van der Waals surface area contributed by atoms with Crippen LogP contribution in [0.5, 0.6) is 0 Å². The van der Waals surface area contributed by atoms with Crippen LogP contribution in [-0.4, -0.2) is 20.3 Å². The number of hydrogen-bond donors (Lipinski definition) is 1. The molecule has 0 aliphatic heterocycles. The Morgan fingerprint density at radius 1 is 1.29 bits per heavy atom. The molecule has 5 heteroatoms. The van der Waals surface area contributed by atoms with Gasteiger partial charge in [0.1, 0.15) is 0 Å². The average molecular weight is 276 g/mol. The summed E-state index contributed by atoms with van der Waals surface area (Å²) >= 11 is 5.89. The van der Waals surface area contributed by atoms with Gasteiger partial charge in [-0.05, 0) is 43.5 Å². The van der Waals surface area contributed by atoms with E-state index in [-0.39, 0.29) is 11.9 Å². The van der Waals surface area contributed by atoms with Crippen LogP contribution in [0.25, 0.3) is 0 Å². The molecule has 0 radical (unpaired) electrons. The molecule has 0 bridgehead atoms. The van der Waals surface area contributed by atoms with Crippen molar-refractivity contribution < 1.29 is 8.42 Å². The van der Waals surface area contributed by atoms with Crippen molar-refractivity contribution in [2.75, 3.05) is 6.54 Å². The highest BCUT2D eigenvalue weighted by Crippen LogP contribution is 2.14. The SMILES string of the molecule is CCC(Cl)CNS(=O)(=O)c1ccc(C)c(C)c1.